The summed E-state index contributed by atoms with van der Waals surface area (Å²) in [7, 11) is 3.57. The number of nitrogens with zero attached hydrogens (tertiary/aromatic N) is 1. The van der Waals surface area contributed by atoms with Crippen molar-refractivity contribution in [3.05, 3.63) is 11.9 Å². The summed E-state index contributed by atoms with van der Waals surface area (Å²) in [6.45, 7) is 2.08. The van der Waals surface area contributed by atoms with Crippen molar-refractivity contribution in [3.8, 4) is 0 Å². The highest BCUT2D eigenvalue weighted by Crippen LogP contribution is 1.90. The monoisotopic (exact) mass is 158 g/mol. The van der Waals surface area contributed by atoms with Crippen LogP contribution in [0, 0.1) is 0 Å². The van der Waals surface area contributed by atoms with E-state index in [1.54, 1.807) is 25.9 Å². The molecule has 4 heteroatoms. The van der Waals surface area contributed by atoms with Gasteiger partial charge in [-0.1, -0.05) is 0 Å². The number of ether oxygens (including phenoxy) is 1. The normalized spacial score (nSPS) is 11.0. The van der Waals surface area contributed by atoms with Gasteiger partial charge in [0, 0.05) is 20.3 Å². The molecule has 0 saturated heterocycles. The molecule has 0 aliphatic rings. The largest absolute Gasteiger partial charge is 0.461 e. The Bertz CT molecular complexity index is 164. The Labute approximate surface area is 66.6 Å². The molecule has 0 bridgehead atoms. The summed E-state index contributed by atoms with van der Waals surface area (Å²) >= 11 is 0. The SMILES string of the molecule is CCOC(=O)/C(N)=C\N(C)C. The summed E-state index contributed by atoms with van der Waals surface area (Å²) in [6.07, 6.45) is 1.51. The average Bonchev–Trinajstić information content (AvgIpc) is 1.86. The van der Waals surface area contributed by atoms with E-state index in [2.05, 4.69) is 4.74 Å². The fourth-order valence-electron chi connectivity index (χ4n) is 0.545. The van der Waals surface area contributed by atoms with Crippen molar-refractivity contribution >= 4 is 5.97 Å². The lowest BCUT2D eigenvalue weighted by atomic mass is 10.5. The lowest BCUT2D eigenvalue weighted by molar-refractivity contribution is -0.138. The summed E-state index contributed by atoms with van der Waals surface area (Å²) in [5, 5.41) is 0. The summed E-state index contributed by atoms with van der Waals surface area (Å²) in [5.74, 6) is -0.471. The zero-order valence-electron chi connectivity index (χ0n) is 7.13. The lowest BCUT2D eigenvalue weighted by Crippen LogP contribution is -2.18. The Kier molecular flexibility index (Phi) is 4.10. The Hall–Kier alpha value is -1.19. The van der Waals surface area contributed by atoms with Crippen LogP contribution in [0.25, 0.3) is 0 Å². The van der Waals surface area contributed by atoms with Crippen molar-refractivity contribution in [1.82, 2.24) is 4.90 Å². The predicted molar refractivity (Wildman–Crippen MR) is 42.6 cm³/mol. The first-order valence-corrected chi connectivity index (χ1v) is 3.38. The van der Waals surface area contributed by atoms with E-state index in [9.17, 15) is 4.79 Å². The number of carbonyl (C=O) groups is 1. The van der Waals surface area contributed by atoms with Gasteiger partial charge in [-0.3, -0.25) is 0 Å². The van der Waals surface area contributed by atoms with Crippen LogP contribution in [-0.4, -0.2) is 31.6 Å². The molecule has 2 N–H and O–H groups in total. The van der Waals surface area contributed by atoms with Crippen LogP contribution in [0.3, 0.4) is 0 Å². The van der Waals surface area contributed by atoms with Crippen molar-refractivity contribution in [2.75, 3.05) is 20.7 Å². The van der Waals surface area contributed by atoms with Gasteiger partial charge < -0.3 is 15.4 Å². The maximum Gasteiger partial charge on any atom is 0.355 e. The molecule has 0 radical (unpaired) electrons. The molecular formula is C7H14N2O2. The zero-order chi connectivity index (χ0) is 8.85. The van der Waals surface area contributed by atoms with E-state index in [-0.39, 0.29) is 5.70 Å². The molecule has 0 aliphatic carbocycles. The summed E-state index contributed by atoms with van der Waals surface area (Å²) in [4.78, 5) is 12.5. The summed E-state index contributed by atoms with van der Waals surface area (Å²) in [6, 6.07) is 0. The molecule has 0 aromatic rings. The quantitative estimate of drug-likeness (QED) is 0.460. The van der Waals surface area contributed by atoms with E-state index in [4.69, 9.17) is 5.73 Å². The van der Waals surface area contributed by atoms with Crippen LogP contribution >= 0.6 is 0 Å². The maximum absolute atomic E-state index is 10.8. The second-order valence-corrected chi connectivity index (χ2v) is 2.27. The Balaban J connectivity index is 4.01. The molecule has 0 amide bonds. The first-order valence-electron chi connectivity index (χ1n) is 3.38. The number of nitrogens with two attached hydrogens (primary N) is 1. The van der Waals surface area contributed by atoms with Gasteiger partial charge in [-0.2, -0.15) is 0 Å². The molecule has 0 saturated carbocycles. The third-order valence-corrected chi connectivity index (χ3v) is 0.908. The van der Waals surface area contributed by atoms with Crippen LogP contribution in [0.4, 0.5) is 0 Å². The summed E-state index contributed by atoms with van der Waals surface area (Å²) in [5.41, 5.74) is 5.47. The molecular weight excluding hydrogens is 144 g/mol. The molecule has 0 atom stereocenters. The second-order valence-electron chi connectivity index (χ2n) is 2.27. The lowest BCUT2D eigenvalue weighted by Gasteiger charge is -2.06. The average molecular weight is 158 g/mol. The Morgan fingerprint density at radius 2 is 2.18 bits per heavy atom. The minimum Gasteiger partial charge on any atom is -0.461 e. The van der Waals surface area contributed by atoms with Gasteiger partial charge in [-0.15, -0.1) is 0 Å². The zero-order valence-corrected chi connectivity index (χ0v) is 7.13. The maximum atomic E-state index is 10.8. The molecule has 0 aromatic carbocycles. The van der Waals surface area contributed by atoms with Crippen LogP contribution in [0.1, 0.15) is 6.92 Å². The van der Waals surface area contributed by atoms with E-state index < -0.39 is 5.97 Å². The number of hydrogen-bond donors (Lipinski definition) is 1. The van der Waals surface area contributed by atoms with Gasteiger partial charge in [0.05, 0.1) is 6.61 Å². The molecule has 64 valence electrons. The highest BCUT2D eigenvalue weighted by molar-refractivity contribution is 5.87. The molecule has 0 spiro atoms. The third-order valence-electron chi connectivity index (χ3n) is 0.908. The van der Waals surface area contributed by atoms with Crippen LogP contribution in [0.2, 0.25) is 0 Å². The first-order chi connectivity index (χ1) is 5.07. The first kappa shape index (κ1) is 9.81. The molecule has 0 heterocycles. The molecule has 0 unspecified atom stereocenters. The molecule has 0 aliphatic heterocycles. The van der Waals surface area contributed by atoms with Gasteiger partial charge in [0.2, 0.25) is 0 Å². The molecule has 4 nitrogen and oxygen atoms in total. The summed E-state index contributed by atoms with van der Waals surface area (Å²) < 4.78 is 4.65. The van der Waals surface area contributed by atoms with E-state index in [0.29, 0.717) is 6.61 Å². The van der Waals surface area contributed by atoms with Crippen molar-refractivity contribution in [3.63, 3.8) is 0 Å². The van der Waals surface area contributed by atoms with Crippen molar-refractivity contribution in [2.45, 2.75) is 6.92 Å². The van der Waals surface area contributed by atoms with Crippen molar-refractivity contribution < 1.29 is 9.53 Å². The van der Waals surface area contributed by atoms with Crippen LogP contribution < -0.4 is 5.73 Å². The number of carbonyl (C=O) groups excluding carboxylic acids is 1. The van der Waals surface area contributed by atoms with E-state index in [1.807, 2.05) is 0 Å². The molecule has 0 aromatic heterocycles. The number of hydrogen-bond acceptors (Lipinski definition) is 4. The Morgan fingerprint density at radius 1 is 1.64 bits per heavy atom. The predicted octanol–water partition coefficient (Wildman–Crippen LogP) is -0.0888. The molecule has 0 fully saturated rings. The number of rotatable bonds is 3. The highest BCUT2D eigenvalue weighted by Gasteiger charge is 2.04. The van der Waals surface area contributed by atoms with Crippen LogP contribution in [0.15, 0.2) is 11.9 Å². The van der Waals surface area contributed by atoms with Gasteiger partial charge in [0.15, 0.2) is 0 Å². The smallest absolute Gasteiger partial charge is 0.355 e. The second kappa shape index (κ2) is 4.60. The molecule has 11 heavy (non-hydrogen) atoms. The standard InChI is InChI=1S/C7H14N2O2/c1-4-11-7(10)6(8)5-9(2)3/h5H,4,8H2,1-3H3/b6-5+. The van der Waals surface area contributed by atoms with Crippen LogP contribution in [0.5, 0.6) is 0 Å². The van der Waals surface area contributed by atoms with E-state index in [0.717, 1.165) is 0 Å². The van der Waals surface area contributed by atoms with Gasteiger partial charge in [-0.25, -0.2) is 4.79 Å². The fourth-order valence-corrected chi connectivity index (χ4v) is 0.545. The third kappa shape index (κ3) is 4.25. The van der Waals surface area contributed by atoms with Gasteiger partial charge in [0.25, 0.3) is 0 Å². The van der Waals surface area contributed by atoms with Crippen LogP contribution in [-0.2, 0) is 9.53 Å². The number of esters is 1. The van der Waals surface area contributed by atoms with Gasteiger partial charge in [-0.05, 0) is 6.92 Å². The van der Waals surface area contributed by atoms with Gasteiger partial charge >= 0.3 is 5.97 Å². The Morgan fingerprint density at radius 3 is 2.55 bits per heavy atom. The van der Waals surface area contributed by atoms with Crippen molar-refractivity contribution in [2.24, 2.45) is 5.73 Å². The minimum absolute atomic E-state index is 0.122. The van der Waals surface area contributed by atoms with E-state index >= 15 is 0 Å². The molecule has 0 rings (SSSR count). The van der Waals surface area contributed by atoms with E-state index in [1.165, 1.54) is 6.20 Å². The van der Waals surface area contributed by atoms with Crippen molar-refractivity contribution in [1.29, 1.82) is 0 Å². The van der Waals surface area contributed by atoms with Gasteiger partial charge in [0.1, 0.15) is 5.70 Å². The minimum atomic E-state index is -0.471. The topological polar surface area (TPSA) is 55.6 Å². The fraction of sp³-hybridized carbons (Fsp3) is 0.571. The highest BCUT2D eigenvalue weighted by atomic mass is 16.5.